The largest absolute Gasteiger partial charge is 0.309 e. The van der Waals surface area contributed by atoms with Crippen molar-refractivity contribution in [3.63, 3.8) is 0 Å². The zero-order valence-corrected chi connectivity index (χ0v) is 16.0. The smallest absolute Gasteiger partial charge is 0.214 e. The first-order valence-electron chi connectivity index (χ1n) is 9.45. The SMILES string of the molecule is Cc1nnc2n1[C@H](Cc1ccccc1)CN(S(=O)(=O)CC1CCCC1)C2. The van der Waals surface area contributed by atoms with Crippen molar-refractivity contribution in [2.45, 2.75) is 51.6 Å². The fourth-order valence-electron chi connectivity index (χ4n) is 4.37. The standard InChI is InChI=1S/C19H26N4O2S/c1-15-20-21-19-13-22(26(24,25)14-17-9-5-6-10-17)12-18(23(15)19)11-16-7-3-2-4-8-16/h2-4,7-8,17-18H,5-6,9-14H2,1H3/t18-/m1/s1. The Kier molecular flexibility index (Phi) is 4.84. The van der Waals surface area contributed by atoms with Crippen LogP contribution in [-0.2, 0) is 23.0 Å². The first kappa shape index (κ1) is 17.7. The Morgan fingerprint density at radius 1 is 1.12 bits per heavy atom. The van der Waals surface area contributed by atoms with Gasteiger partial charge in [0, 0.05) is 6.54 Å². The van der Waals surface area contributed by atoms with Gasteiger partial charge in [-0.25, -0.2) is 8.42 Å². The van der Waals surface area contributed by atoms with Crippen LogP contribution < -0.4 is 0 Å². The number of benzene rings is 1. The van der Waals surface area contributed by atoms with Crippen LogP contribution in [-0.4, -0.2) is 39.8 Å². The molecule has 1 aliphatic carbocycles. The second kappa shape index (κ2) is 7.12. The maximum atomic E-state index is 13.0. The molecular formula is C19H26N4O2S. The van der Waals surface area contributed by atoms with Crippen LogP contribution in [0.5, 0.6) is 0 Å². The van der Waals surface area contributed by atoms with Crippen LogP contribution in [0.3, 0.4) is 0 Å². The maximum absolute atomic E-state index is 13.0. The van der Waals surface area contributed by atoms with Crippen LogP contribution in [0.25, 0.3) is 0 Å². The molecule has 7 heteroatoms. The van der Waals surface area contributed by atoms with Crippen molar-refractivity contribution in [2.24, 2.45) is 5.92 Å². The fraction of sp³-hybridized carbons (Fsp3) is 0.579. The average Bonchev–Trinajstić information content (AvgIpc) is 3.25. The van der Waals surface area contributed by atoms with E-state index < -0.39 is 10.0 Å². The van der Waals surface area contributed by atoms with E-state index in [1.807, 2.05) is 25.1 Å². The second-order valence-electron chi connectivity index (χ2n) is 7.60. The summed E-state index contributed by atoms with van der Waals surface area (Å²) in [7, 11) is -3.27. The van der Waals surface area contributed by atoms with Crippen molar-refractivity contribution in [3.8, 4) is 0 Å². The molecule has 4 rings (SSSR count). The molecule has 1 aromatic heterocycles. The molecule has 0 saturated heterocycles. The van der Waals surface area contributed by atoms with Gasteiger partial charge in [0.05, 0.1) is 18.3 Å². The molecular weight excluding hydrogens is 348 g/mol. The number of sulfonamides is 1. The number of hydrogen-bond donors (Lipinski definition) is 0. The maximum Gasteiger partial charge on any atom is 0.214 e. The van der Waals surface area contributed by atoms with Crippen LogP contribution >= 0.6 is 0 Å². The van der Waals surface area contributed by atoms with Gasteiger partial charge >= 0.3 is 0 Å². The lowest BCUT2D eigenvalue weighted by atomic mass is 10.0. The molecule has 2 heterocycles. The van der Waals surface area contributed by atoms with Crippen molar-refractivity contribution in [1.82, 2.24) is 19.1 Å². The molecule has 26 heavy (non-hydrogen) atoms. The van der Waals surface area contributed by atoms with Gasteiger partial charge < -0.3 is 4.57 Å². The molecule has 1 fully saturated rings. The van der Waals surface area contributed by atoms with E-state index in [0.29, 0.717) is 19.0 Å². The number of fused-ring (bicyclic) bond motifs is 1. The highest BCUT2D eigenvalue weighted by Crippen LogP contribution is 2.30. The van der Waals surface area contributed by atoms with Gasteiger partial charge in [0.2, 0.25) is 10.0 Å². The van der Waals surface area contributed by atoms with Gasteiger partial charge in [0.1, 0.15) is 11.6 Å². The molecule has 1 saturated carbocycles. The summed E-state index contributed by atoms with van der Waals surface area (Å²) < 4.78 is 29.8. The lowest BCUT2D eigenvalue weighted by molar-refractivity contribution is 0.273. The summed E-state index contributed by atoms with van der Waals surface area (Å²) in [4.78, 5) is 0. The minimum Gasteiger partial charge on any atom is -0.309 e. The van der Waals surface area contributed by atoms with Crippen LogP contribution in [0.15, 0.2) is 30.3 Å². The Morgan fingerprint density at radius 2 is 1.85 bits per heavy atom. The van der Waals surface area contributed by atoms with Gasteiger partial charge in [-0.05, 0) is 37.7 Å². The van der Waals surface area contributed by atoms with Crippen molar-refractivity contribution in [2.75, 3.05) is 12.3 Å². The number of nitrogens with zero attached hydrogens (tertiary/aromatic N) is 4. The summed E-state index contributed by atoms with van der Waals surface area (Å²) in [6.45, 7) is 2.77. The molecule has 1 atom stereocenters. The zero-order chi connectivity index (χ0) is 18.1. The first-order valence-corrected chi connectivity index (χ1v) is 11.1. The first-order chi connectivity index (χ1) is 12.5. The number of aryl methyl sites for hydroxylation is 1. The third-order valence-electron chi connectivity index (χ3n) is 5.66. The second-order valence-corrected chi connectivity index (χ2v) is 9.61. The van der Waals surface area contributed by atoms with Crippen LogP contribution in [0, 0.1) is 12.8 Å². The molecule has 0 spiro atoms. The Morgan fingerprint density at radius 3 is 2.58 bits per heavy atom. The van der Waals surface area contributed by atoms with Gasteiger partial charge in [0.25, 0.3) is 0 Å². The lowest BCUT2D eigenvalue weighted by Gasteiger charge is -2.34. The summed E-state index contributed by atoms with van der Waals surface area (Å²) in [5, 5.41) is 8.45. The molecule has 0 unspecified atom stereocenters. The van der Waals surface area contributed by atoms with E-state index in [1.54, 1.807) is 4.31 Å². The van der Waals surface area contributed by atoms with Gasteiger partial charge in [-0.2, -0.15) is 4.31 Å². The van der Waals surface area contributed by atoms with Crippen LogP contribution in [0.1, 0.15) is 48.9 Å². The highest BCUT2D eigenvalue weighted by atomic mass is 32.2. The minimum absolute atomic E-state index is 0.0366. The molecule has 140 valence electrons. The molecule has 6 nitrogen and oxygen atoms in total. The summed E-state index contributed by atoms with van der Waals surface area (Å²) in [5.41, 5.74) is 1.20. The molecule has 1 aromatic carbocycles. The summed E-state index contributed by atoms with van der Waals surface area (Å²) in [5.74, 6) is 2.20. The van der Waals surface area contributed by atoms with Gasteiger partial charge in [-0.3, -0.25) is 0 Å². The van der Waals surface area contributed by atoms with E-state index in [-0.39, 0.29) is 11.8 Å². The van der Waals surface area contributed by atoms with Crippen LogP contribution in [0.2, 0.25) is 0 Å². The highest BCUT2D eigenvalue weighted by molar-refractivity contribution is 7.89. The van der Waals surface area contributed by atoms with Gasteiger partial charge in [0.15, 0.2) is 0 Å². The Hall–Kier alpha value is -1.73. The number of aromatic nitrogens is 3. The van der Waals surface area contributed by atoms with Crippen LogP contribution in [0.4, 0.5) is 0 Å². The average molecular weight is 375 g/mol. The number of hydrogen-bond acceptors (Lipinski definition) is 4. The molecule has 0 radical (unpaired) electrons. The third kappa shape index (κ3) is 3.55. The van der Waals surface area contributed by atoms with Crippen molar-refractivity contribution in [1.29, 1.82) is 0 Å². The summed E-state index contributed by atoms with van der Waals surface area (Å²) in [6, 6.07) is 10.3. The van der Waals surface area contributed by atoms with Gasteiger partial charge in [-0.1, -0.05) is 43.2 Å². The molecule has 0 bridgehead atoms. The molecule has 0 N–H and O–H groups in total. The predicted molar refractivity (Wildman–Crippen MR) is 100 cm³/mol. The van der Waals surface area contributed by atoms with Crippen molar-refractivity contribution < 1.29 is 8.42 Å². The van der Waals surface area contributed by atoms with Gasteiger partial charge in [-0.15, -0.1) is 10.2 Å². The monoisotopic (exact) mass is 374 g/mol. The third-order valence-corrected chi connectivity index (χ3v) is 7.62. The quantitative estimate of drug-likeness (QED) is 0.807. The van der Waals surface area contributed by atoms with E-state index in [9.17, 15) is 8.42 Å². The zero-order valence-electron chi connectivity index (χ0n) is 15.2. The van der Waals surface area contributed by atoms with Crippen molar-refractivity contribution in [3.05, 3.63) is 47.5 Å². The highest BCUT2D eigenvalue weighted by Gasteiger charge is 2.36. The Bertz CT molecular complexity index is 857. The summed E-state index contributed by atoms with van der Waals surface area (Å²) in [6.07, 6.45) is 5.17. The molecule has 2 aromatic rings. The predicted octanol–water partition coefficient (Wildman–Crippen LogP) is 2.71. The number of rotatable bonds is 5. The van der Waals surface area contributed by atoms with E-state index >= 15 is 0 Å². The molecule has 1 aliphatic heterocycles. The molecule has 2 aliphatic rings. The topological polar surface area (TPSA) is 68.1 Å². The van der Waals surface area contributed by atoms with E-state index in [4.69, 9.17) is 0 Å². The lowest BCUT2D eigenvalue weighted by Crippen LogP contribution is -2.43. The van der Waals surface area contributed by atoms with E-state index in [1.165, 1.54) is 5.56 Å². The fourth-order valence-corrected chi connectivity index (χ4v) is 6.22. The Balaban J connectivity index is 1.59. The van der Waals surface area contributed by atoms with E-state index in [0.717, 1.165) is 43.8 Å². The van der Waals surface area contributed by atoms with E-state index in [2.05, 4.69) is 26.9 Å². The van der Waals surface area contributed by atoms with Crippen molar-refractivity contribution >= 4 is 10.0 Å². The normalized spacial score (nSPS) is 21.8. The summed E-state index contributed by atoms with van der Waals surface area (Å²) >= 11 is 0. The molecule has 0 amide bonds. The Labute approximate surface area is 155 Å². The minimum atomic E-state index is -3.27.